The number of rotatable bonds is 7. The Morgan fingerprint density at radius 2 is 2.40 bits per heavy atom. The zero-order valence-corrected chi connectivity index (χ0v) is 12.4. The lowest BCUT2D eigenvalue weighted by molar-refractivity contribution is 0.0967. The molecule has 0 aliphatic rings. The van der Waals surface area contributed by atoms with E-state index in [1.54, 1.807) is 13.3 Å². The Balaban J connectivity index is 2.13. The summed E-state index contributed by atoms with van der Waals surface area (Å²) in [7, 11) is 1.62. The number of aliphatic hydroxyl groups is 1. The van der Waals surface area contributed by atoms with Crippen molar-refractivity contribution in [2.24, 2.45) is 0 Å². The highest BCUT2D eigenvalue weighted by Crippen LogP contribution is 2.11. The molecule has 0 spiro atoms. The van der Waals surface area contributed by atoms with Gasteiger partial charge in [-0.15, -0.1) is 11.3 Å². The fourth-order valence-corrected chi connectivity index (χ4v) is 2.80. The molecule has 0 amide bonds. The van der Waals surface area contributed by atoms with Gasteiger partial charge in [0.1, 0.15) is 0 Å². The summed E-state index contributed by atoms with van der Waals surface area (Å²) in [5.74, 6) is 0. The van der Waals surface area contributed by atoms with Crippen LogP contribution >= 0.6 is 11.3 Å². The maximum atomic E-state index is 11.9. The van der Waals surface area contributed by atoms with Crippen molar-refractivity contribution in [3.8, 4) is 0 Å². The van der Waals surface area contributed by atoms with E-state index in [1.807, 2.05) is 12.3 Å². The van der Waals surface area contributed by atoms with Crippen molar-refractivity contribution in [1.29, 1.82) is 0 Å². The first-order valence-corrected chi connectivity index (χ1v) is 7.26. The summed E-state index contributed by atoms with van der Waals surface area (Å²) in [6, 6.07) is 1.53. The third-order valence-electron chi connectivity index (χ3n) is 3.18. The third-order valence-corrected chi connectivity index (χ3v) is 3.94. The second kappa shape index (κ2) is 6.45. The molecule has 0 radical (unpaired) electrons. The molecule has 7 heteroatoms. The van der Waals surface area contributed by atoms with Crippen LogP contribution in [0.2, 0.25) is 0 Å². The van der Waals surface area contributed by atoms with Crippen LogP contribution in [0.5, 0.6) is 0 Å². The van der Waals surface area contributed by atoms with Crippen LogP contribution in [-0.2, 0) is 11.3 Å². The van der Waals surface area contributed by atoms with Crippen molar-refractivity contribution in [1.82, 2.24) is 14.7 Å². The molecule has 20 heavy (non-hydrogen) atoms. The Hall–Kier alpha value is -1.28. The predicted octanol–water partition coefficient (Wildman–Crippen LogP) is 0.633. The number of nitrogens with zero attached hydrogens (tertiary/aromatic N) is 2. The molecule has 0 bridgehead atoms. The SMILES string of the molecule is COCC(C)(CCO)NCc1cc(=O)n2ccsc2n1. The Morgan fingerprint density at radius 1 is 1.60 bits per heavy atom. The molecule has 2 N–H and O–H groups in total. The van der Waals surface area contributed by atoms with E-state index < -0.39 is 0 Å². The van der Waals surface area contributed by atoms with Crippen LogP contribution < -0.4 is 10.9 Å². The third kappa shape index (κ3) is 3.43. The summed E-state index contributed by atoms with van der Waals surface area (Å²) < 4.78 is 6.70. The fraction of sp³-hybridized carbons (Fsp3) is 0.538. The predicted molar refractivity (Wildman–Crippen MR) is 78.2 cm³/mol. The number of aromatic nitrogens is 2. The molecule has 2 aromatic rings. The van der Waals surface area contributed by atoms with Crippen LogP contribution in [0.15, 0.2) is 22.4 Å². The van der Waals surface area contributed by atoms with Gasteiger partial charge in [0.15, 0.2) is 4.96 Å². The number of nitrogens with one attached hydrogen (secondary N) is 1. The van der Waals surface area contributed by atoms with Crippen molar-refractivity contribution in [3.05, 3.63) is 33.7 Å². The minimum Gasteiger partial charge on any atom is -0.396 e. The van der Waals surface area contributed by atoms with Gasteiger partial charge in [0.25, 0.3) is 5.56 Å². The first kappa shape index (κ1) is 15.1. The van der Waals surface area contributed by atoms with Crippen molar-refractivity contribution in [2.45, 2.75) is 25.4 Å². The van der Waals surface area contributed by atoms with E-state index >= 15 is 0 Å². The van der Waals surface area contributed by atoms with Crippen LogP contribution in [0.3, 0.4) is 0 Å². The Morgan fingerprint density at radius 3 is 3.10 bits per heavy atom. The molecular weight excluding hydrogens is 278 g/mol. The van der Waals surface area contributed by atoms with Gasteiger partial charge in [0, 0.05) is 43.4 Å². The lowest BCUT2D eigenvalue weighted by Crippen LogP contribution is -2.46. The van der Waals surface area contributed by atoms with Crippen LogP contribution in [-0.4, -0.2) is 40.4 Å². The van der Waals surface area contributed by atoms with Gasteiger partial charge in [-0.25, -0.2) is 4.98 Å². The van der Waals surface area contributed by atoms with Gasteiger partial charge in [0.2, 0.25) is 0 Å². The summed E-state index contributed by atoms with van der Waals surface area (Å²) in [5, 5.41) is 14.3. The zero-order chi connectivity index (χ0) is 14.6. The van der Waals surface area contributed by atoms with Crippen LogP contribution in [0.25, 0.3) is 4.96 Å². The van der Waals surface area contributed by atoms with E-state index in [4.69, 9.17) is 9.84 Å². The number of methoxy groups -OCH3 is 1. The van der Waals surface area contributed by atoms with Crippen molar-refractivity contribution in [2.75, 3.05) is 20.3 Å². The summed E-state index contributed by atoms with van der Waals surface area (Å²) in [4.78, 5) is 17.0. The van der Waals surface area contributed by atoms with Crippen molar-refractivity contribution < 1.29 is 9.84 Å². The summed E-state index contributed by atoms with van der Waals surface area (Å²) in [6.07, 6.45) is 2.29. The van der Waals surface area contributed by atoms with Crippen molar-refractivity contribution in [3.63, 3.8) is 0 Å². The van der Waals surface area contributed by atoms with E-state index in [0.717, 1.165) is 0 Å². The minimum atomic E-state index is -0.341. The Labute approximate surface area is 121 Å². The highest BCUT2D eigenvalue weighted by atomic mass is 32.1. The van der Waals surface area contributed by atoms with Gasteiger partial charge in [-0.3, -0.25) is 9.20 Å². The first-order valence-electron chi connectivity index (χ1n) is 6.38. The molecular formula is C13H19N3O3S. The maximum absolute atomic E-state index is 11.9. The number of hydrogen-bond donors (Lipinski definition) is 2. The molecule has 0 aromatic carbocycles. The molecule has 6 nitrogen and oxygen atoms in total. The standard InChI is InChI=1S/C13H19N3O3S/c1-13(3-5-17,9-19-2)14-8-10-7-11(18)16-4-6-20-12(16)15-10/h4,6-7,14,17H,3,5,8-9H2,1-2H3. The Bertz CT molecular complexity index is 617. The number of fused-ring (bicyclic) bond motifs is 1. The quantitative estimate of drug-likeness (QED) is 0.784. The minimum absolute atomic E-state index is 0.0763. The summed E-state index contributed by atoms with van der Waals surface area (Å²) in [5.41, 5.74) is 0.271. The second-order valence-electron chi connectivity index (χ2n) is 4.96. The molecule has 2 heterocycles. The summed E-state index contributed by atoms with van der Waals surface area (Å²) >= 11 is 1.43. The number of aliphatic hydroxyl groups excluding tert-OH is 1. The molecule has 0 aliphatic carbocycles. The van der Waals surface area contributed by atoms with Crippen LogP contribution in [0.4, 0.5) is 0 Å². The van der Waals surface area contributed by atoms with E-state index in [1.165, 1.54) is 21.8 Å². The van der Waals surface area contributed by atoms with Gasteiger partial charge >= 0.3 is 0 Å². The lowest BCUT2D eigenvalue weighted by atomic mass is 9.99. The van der Waals surface area contributed by atoms with E-state index in [-0.39, 0.29) is 17.7 Å². The van der Waals surface area contributed by atoms with E-state index in [0.29, 0.717) is 30.2 Å². The van der Waals surface area contributed by atoms with Gasteiger partial charge in [-0.2, -0.15) is 0 Å². The number of ether oxygens (including phenoxy) is 1. The van der Waals surface area contributed by atoms with E-state index in [2.05, 4.69) is 10.3 Å². The molecule has 0 fully saturated rings. The van der Waals surface area contributed by atoms with E-state index in [9.17, 15) is 4.79 Å². The normalized spacial score (nSPS) is 14.6. The molecule has 0 saturated carbocycles. The lowest BCUT2D eigenvalue weighted by Gasteiger charge is -2.29. The van der Waals surface area contributed by atoms with Gasteiger partial charge in [-0.1, -0.05) is 0 Å². The first-order chi connectivity index (χ1) is 9.58. The van der Waals surface area contributed by atoms with Gasteiger partial charge in [0.05, 0.1) is 12.3 Å². The largest absolute Gasteiger partial charge is 0.396 e. The Kier molecular flexibility index (Phi) is 4.87. The maximum Gasteiger partial charge on any atom is 0.258 e. The topological polar surface area (TPSA) is 75.9 Å². The molecule has 2 rings (SSSR count). The summed E-state index contributed by atoms with van der Waals surface area (Å²) in [6.45, 7) is 2.99. The highest BCUT2D eigenvalue weighted by molar-refractivity contribution is 7.15. The average molecular weight is 297 g/mol. The monoisotopic (exact) mass is 297 g/mol. The molecule has 110 valence electrons. The molecule has 1 atom stereocenters. The molecule has 1 unspecified atom stereocenters. The fourth-order valence-electron chi connectivity index (χ4n) is 2.06. The van der Waals surface area contributed by atoms with Crippen LogP contribution in [0, 0.1) is 0 Å². The number of thiazole rings is 1. The molecule has 0 saturated heterocycles. The highest BCUT2D eigenvalue weighted by Gasteiger charge is 2.23. The van der Waals surface area contributed by atoms with Gasteiger partial charge < -0.3 is 15.2 Å². The van der Waals surface area contributed by atoms with Crippen molar-refractivity contribution >= 4 is 16.3 Å². The van der Waals surface area contributed by atoms with Crippen LogP contribution in [0.1, 0.15) is 19.0 Å². The smallest absolute Gasteiger partial charge is 0.258 e. The molecule has 2 aromatic heterocycles. The zero-order valence-electron chi connectivity index (χ0n) is 11.6. The second-order valence-corrected chi connectivity index (χ2v) is 5.84. The average Bonchev–Trinajstić information content (AvgIpc) is 2.86. The number of hydrogen-bond acceptors (Lipinski definition) is 6. The molecule has 0 aliphatic heterocycles. The van der Waals surface area contributed by atoms with Gasteiger partial charge in [-0.05, 0) is 13.3 Å².